The number of amides is 2. The predicted molar refractivity (Wildman–Crippen MR) is 115 cm³/mol. The second-order valence-corrected chi connectivity index (χ2v) is 8.43. The normalized spacial score (nSPS) is 16.9. The van der Waals surface area contributed by atoms with Crippen molar-refractivity contribution in [3.63, 3.8) is 0 Å². The molecular weight excluding hydrogens is 362 g/mol. The fraction of sp³-hybridized carbons (Fsp3) is 0.391. The van der Waals surface area contributed by atoms with E-state index in [9.17, 15) is 4.79 Å². The van der Waals surface area contributed by atoms with Crippen LogP contribution in [-0.4, -0.2) is 50.4 Å². The summed E-state index contributed by atoms with van der Waals surface area (Å²) in [5.41, 5.74) is 4.13. The third-order valence-corrected chi connectivity index (χ3v) is 5.74. The smallest absolute Gasteiger partial charge is 0.317 e. The lowest BCUT2D eigenvalue weighted by Gasteiger charge is -2.47. The number of imidazole rings is 1. The molecule has 1 aromatic carbocycles. The number of piperazine rings is 1. The number of rotatable bonds is 4. The number of carbonyl (C=O) groups excluding carboxylic acids is 1. The maximum absolute atomic E-state index is 12.8. The first kappa shape index (κ1) is 19.5. The molecule has 3 aromatic rings. The molecule has 29 heavy (non-hydrogen) atoms. The van der Waals surface area contributed by atoms with Crippen molar-refractivity contribution in [2.45, 2.75) is 39.4 Å². The van der Waals surface area contributed by atoms with Gasteiger partial charge in [-0.3, -0.25) is 4.90 Å². The molecule has 2 amide bonds. The highest BCUT2D eigenvalue weighted by atomic mass is 16.2. The van der Waals surface area contributed by atoms with E-state index in [0.717, 1.165) is 36.7 Å². The molecule has 1 aliphatic rings. The highest BCUT2D eigenvalue weighted by Gasteiger charge is 2.35. The van der Waals surface area contributed by atoms with E-state index in [-0.39, 0.29) is 11.6 Å². The van der Waals surface area contributed by atoms with Crippen LogP contribution in [0.25, 0.3) is 5.65 Å². The average molecular weight is 392 g/mol. The fourth-order valence-corrected chi connectivity index (χ4v) is 4.02. The van der Waals surface area contributed by atoms with Gasteiger partial charge < -0.3 is 14.6 Å². The van der Waals surface area contributed by atoms with Crippen molar-refractivity contribution in [1.29, 1.82) is 0 Å². The number of urea groups is 1. The summed E-state index contributed by atoms with van der Waals surface area (Å²) in [6, 6.07) is 16.5. The number of aryl methyl sites for hydroxylation is 1. The quantitative estimate of drug-likeness (QED) is 0.741. The van der Waals surface area contributed by atoms with Crippen LogP contribution in [0.5, 0.6) is 0 Å². The van der Waals surface area contributed by atoms with Gasteiger partial charge in [-0.15, -0.1) is 0 Å². The van der Waals surface area contributed by atoms with E-state index < -0.39 is 0 Å². The van der Waals surface area contributed by atoms with Crippen LogP contribution in [0, 0.1) is 6.92 Å². The van der Waals surface area contributed by atoms with Gasteiger partial charge in [-0.05, 0) is 38.5 Å². The maximum Gasteiger partial charge on any atom is 0.317 e. The standard InChI is InChI=1S/C23H29N5O/c1-18-8-7-11-21-25-20(16-28(18)21)14-24-22(29)26-12-13-27(23(2,3)17-26)15-19-9-5-4-6-10-19/h4-11,16H,12-15,17H2,1-3H3,(H,24,29). The van der Waals surface area contributed by atoms with Gasteiger partial charge in [0.15, 0.2) is 0 Å². The summed E-state index contributed by atoms with van der Waals surface area (Å²) in [6.45, 7) is 10.1. The van der Waals surface area contributed by atoms with Crippen LogP contribution in [0.1, 0.15) is 30.8 Å². The minimum absolute atomic E-state index is 0.0220. The molecule has 4 rings (SSSR count). The molecule has 0 bridgehead atoms. The third-order valence-electron chi connectivity index (χ3n) is 5.74. The second-order valence-electron chi connectivity index (χ2n) is 8.43. The number of hydrogen-bond donors (Lipinski definition) is 1. The number of carbonyl (C=O) groups is 1. The highest BCUT2D eigenvalue weighted by Crippen LogP contribution is 2.23. The van der Waals surface area contributed by atoms with Crippen molar-refractivity contribution in [3.8, 4) is 0 Å². The number of pyridine rings is 1. The summed E-state index contributed by atoms with van der Waals surface area (Å²) >= 11 is 0. The van der Waals surface area contributed by atoms with Crippen LogP contribution in [0.3, 0.4) is 0 Å². The van der Waals surface area contributed by atoms with Crippen molar-refractivity contribution in [2.24, 2.45) is 0 Å². The van der Waals surface area contributed by atoms with Crippen molar-refractivity contribution < 1.29 is 4.79 Å². The molecule has 1 saturated heterocycles. The Morgan fingerprint density at radius 2 is 1.90 bits per heavy atom. The Hall–Kier alpha value is -2.86. The molecule has 0 spiro atoms. The second kappa shape index (κ2) is 7.87. The Kier molecular flexibility index (Phi) is 5.28. The van der Waals surface area contributed by atoms with Crippen molar-refractivity contribution in [3.05, 3.63) is 71.7 Å². The molecule has 0 saturated carbocycles. The van der Waals surface area contributed by atoms with Gasteiger partial charge in [0.25, 0.3) is 0 Å². The minimum atomic E-state index is -0.0777. The van der Waals surface area contributed by atoms with Crippen LogP contribution in [-0.2, 0) is 13.1 Å². The van der Waals surface area contributed by atoms with E-state index in [1.807, 2.05) is 46.7 Å². The first-order valence-corrected chi connectivity index (χ1v) is 10.2. The maximum atomic E-state index is 12.8. The van der Waals surface area contributed by atoms with Gasteiger partial charge in [-0.1, -0.05) is 36.4 Å². The summed E-state index contributed by atoms with van der Waals surface area (Å²) in [4.78, 5) is 21.7. The molecule has 0 radical (unpaired) electrons. The van der Waals surface area contributed by atoms with Gasteiger partial charge in [-0.25, -0.2) is 9.78 Å². The molecule has 0 aliphatic carbocycles. The number of nitrogens with one attached hydrogen (secondary N) is 1. The molecule has 2 aromatic heterocycles. The van der Waals surface area contributed by atoms with Crippen LogP contribution in [0.15, 0.2) is 54.7 Å². The lowest BCUT2D eigenvalue weighted by Crippen LogP contribution is -2.61. The SMILES string of the molecule is Cc1cccc2nc(CNC(=O)N3CCN(Cc4ccccc4)C(C)(C)C3)cn12. The van der Waals surface area contributed by atoms with Crippen molar-refractivity contribution in [2.75, 3.05) is 19.6 Å². The number of hydrogen-bond acceptors (Lipinski definition) is 3. The van der Waals surface area contributed by atoms with E-state index in [0.29, 0.717) is 13.1 Å². The van der Waals surface area contributed by atoms with Gasteiger partial charge in [0.05, 0.1) is 12.2 Å². The highest BCUT2D eigenvalue weighted by molar-refractivity contribution is 5.74. The van der Waals surface area contributed by atoms with Crippen LogP contribution in [0.4, 0.5) is 4.79 Å². The van der Waals surface area contributed by atoms with Gasteiger partial charge in [0.2, 0.25) is 0 Å². The molecule has 1 fully saturated rings. The topological polar surface area (TPSA) is 52.9 Å². The summed E-state index contributed by atoms with van der Waals surface area (Å²) in [5.74, 6) is 0. The Morgan fingerprint density at radius 3 is 2.62 bits per heavy atom. The van der Waals surface area contributed by atoms with Gasteiger partial charge in [-0.2, -0.15) is 0 Å². The molecule has 0 unspecified atom stereocenters. The Bertz CT molecular complexity index is 995. The van der Waals surface area contributed by atoms with Crippen molar-refractivity contribution >= 4 is 11.7 Å². The number of fused-ring (bicyclic) bond motifs is 1. The van der Waals surface area contributed by atoms with Crippen molar-refractivity contribution in [1.82, 2.24) is 24.5 Å². The Labute approximate surface area is 172 Å². The number of benzene rings is 1. The summed E-state index contributed by atoms with van der Waals surface area (Å²) in [7, 11) is 0. The Morgan fingerprint density at radius 1 is 1.10 bits per heavy atom. The zero-order valence-corrected chi connectivity index (χ0v) is 17.4. The van der Waals surface area contributed by atoms with Crippen LogP contribution in [0.2, 0.25) is 0 Å². The third kappa shape index (κ3) is 4.27. The van der Waals surface area contributed by atoms with E-state index >= 15 is 0 Å². The lowest BCUT2D eigenvalue weighted by atomic mass is 9.98. The van der Waals surface area contributed by atoms with Gasteiger partial charge in [0, 0.05) is 43.6 Å². The monoisotopic (exact) mass is 391 g/mol. The molecular formula is C23H29N5O. The van der Waals surface area contributed by atoms with E-state index in [1.165, 1.54) is 5.56 Å². The first-order chi connectivity index (χ1) is 13.9. The molecule has 3 heterocycles. The molecule has 6 heteroatoms. The predicted octanol–water partition coefficient (Wildman–Crippen LogP) is 3.45. The molecule has 152 valence electrons. The largest absolute Gasteiger partial charge is 0.332 e. The average Bonchev–Trinajstić information content (AvgIpc) is 3.13. The number of aromatic nitrogens is 2. The van der Waals surface area contributed by atoms with E-state index in [4.69, 9.17) is 0 Å². The molecule has 0 atom stereocenters. The molecule has 1 N–H and O–H groups in total. The fourth-order valence-electron chi connectivity index (χ4n) is 4.02. The van der Waals surface area contributed by atoms with Gasteiger partial charge >= 0.3 is 6.03 Å². The lowest BCUT2D eigenvalue weighted by molar-refractivity contribution is 0.0297. The summed E-state index contributed by atoms with van der Waals surface area (Å²) in [5, 5.41) is 3.04. The number of nitrogens with zero attached hydrogens (tertiary/aromatic N) is 4. The van der Waals surface area contributed by atoms with E-state index in [2.05, 4.69) is 53.3 Å². The molecule has 1 aliphatic heterocycles. The Balaban J connectivity index is 1.35. The van der Waals surface area contributed by atoms with Gasteiger partial charge in [0.1, 0.15) is 5.65 Å². The summed E-state index contributed by atoms with van der Waals surface area (Å²) in [6.07, 6.45) is 1.99. The summed E-state index contributed by atoms with van der Waals surface area (Å²) < 4.78 is 2.05. The zero-order chi connectivity index (χ0) is 20.4. The van der Waals surface area contributed by atoms with E-state index in [1.54, 1.807) is 0 Å². The van der Waals surface area contributed by atoms with Crippen LogP contribution >= 0.6 is 0 Å². The first-order valence-electron chi connectivity index (χ1n) is 10.2. The van der Waals surface area contributed by atoms with Crippen LogP contribution < -0.4 is 5.32 Å². The zero-order valence-electron chi connectivity index (χ0n) is 17.4. The molecule has 6 nitrogen and oxygen atoms in total. The minimum Gasteiger partial charge on any atom is -0.332 e.